The molecule has 12 heavy (non-hydrogen) atoms. The fraction of sp³-hybridized carbons (Fsp3) is 0.500. The van der Waals surface area contributed by atoms with Crippen LogP contribution in [-0.4, -0.2) is 14.0 Å². The normalized spacial score (nSPS) is 19.5. The van der Waals surface area contributed by atoms with Crippen molar-refractivity contribution in [3.8, 4) is 0 Å². The van der Waals surface area contributed by atoms with Gasteiger partial charge in [0.05, 0.1) is 0 Å². The highest BCUT2D eigenvalue weighted by molar-refractivity contribution is 6.79. The molecule has 1 aliphatic heterocycles. The van der Waals surface area contributed by atoms with Gasteiger partial charge in [0.15, 0.2) is 0 Å². The monoisotopic (exact) mass is 168 g/mol. The van der Waals surface area contributed by atoms with Gasteiger partial charge in [0.1, 0.15) is 0 Å². The molecule has 0 aromatic heterocycles. The van der Waals surface area contributed by atoms with Crippen LogP contribution < -0.4 is 0 Å². The molecule has 0 saturated heterocycles. The van der Waals surface area contributed by atoms with Gasteiger partial charge in [-0.25, -0.2) is 0 Å². The van der Waals surface area contributed by atoms with Crippen molar-refractivity contribution in [3.63, 3.8) is 0 Å². The number of hydrogen-bond donors (Lipinski definition) is 0. The molecule has 0 fully saturated rings. The van der Waals surface area contributed by atoms with Crippen LogP contribution in [0.3, 0.4) is 0 Å². The molecule has 0 aromatic rings. The molecule has 0 unspecified atom stereocenters. The van der Waals surface area contributed by atoms with E-state index in [4.69, 9.17) is 0 Å². The van der Waals surface area contributed by atoms with Crippen LogP contribution in [0.15, 0.2) is 21.9 Å². The van der Waals surface area contributed by atoms with Crippen LogP contribution in [0.5, 0.6) is 0 Å². The summed E-state index contributed by atoms with van der Waals surface area (Å²) in [7, 11) is 0. The molecule has 1 rings (SSSR count). The SMILES string of the molecule is CC1=C(C)B(F)C(C)=C(C)B1F. The number of hydrogen-bond acceptors (Lipinski definition) is 0. The summed E-state index contributed by atoms with van der Waals surface area (Å²) < 4.78 is 26.7. The maximum atomic E-state index is 13.4. The second kappa shape index (κ2) is 3.08. The van der Waals surface area contributed by atoms with Crippen LogP contribution in [0.25, 0.3) is 0 Å². The highest BCUT2D eigenvalue weighted by atomic mass is 19.1. The van der Waals surface area contributed by atoms with Crippen LogP contribution in [0, 0.1) is 0 Å². The van der Waals surface area contributed by atoms with Crippen LogP contribution in [0.2, 0.25) is 0 Å². The minimum absolute atomic E-state index is 0.533. The van der Waals surface area contributed by atoms with Gasteiger partial charge in [0, 0.05) is 0 Å². The number of rotatable bonds is 0. The zero-order chi connectivity index (χ0) is 9.46. The van der Waals surface area contributed by atoms with Gasteiger partial charge in [-0.3, -0.25) is 0 Å². The summed E-state index contributed by atoms with van der Waals surface area (Å²) in [5.41, 5.74) is 2.13. The van der Waals surface area contributed by atoms with Gasteiger partial charge in [-0.05, 0) is 27.7 Å². The van der Waals surface area contributed by atoms with Crippen molar-refractivity contribution < 1.29 is 8.63 Å². The fourth-order valence-electron chi connectivity index (χ4n) is 1.45. The van der Waals surface area contributed by atoms with E-state index in [2.05, 4.69) is 0 Å². The summed E-state index contributed by atoms with van der Waals surface area (Å²) in [6.07, 6.45) is 0. The van der Waals surface area contributed by atoms with E-state index in [0.717, 1.165) is 0 Å². The van der Waals surface area contributed by atoms with Crippen LogP contribution in [-0.2, 0) is 0 Å². The van der Waals surface area contributed by atoms with Crippen molar-refractivity contribution in [3.05, 3.63) is 21.9 Å². The van der Waals surface area contributed by atoms with Crippen molar-refractivity contribution in [2.45, 2.75) is 27.7 Å². The van der Waals surface area contributed by atoms with Crippen molar-refractivity contribution in [1.29, 1.82) is 0 Å². The Morgan fingerprint density at radius 2 is 0.833 bits per heavy atom. The first-order valence-corrected chi connectivity index (χ1v) is 4.09. The minimum atomic E-state index is -1.07. The average Bonchev–Trinajstić information content (AvgIpc) is 2.08. The van der Waals surface area contributed by atoms with Crippen molar-refractivity contribution in [1.82, 2.24) is 0 Å². The second-order valence-electron chi connectivity index (χ2n) is 3.46. The lowest BCUT2D eigenvalue weighted by molar-refractivity contribution is 0.822. The lowest BCUT2D eigenvalue weighted by Gasteiger charge is -2.20. The third-order valence-corrected chi connectivity index (χ3v) is 2.76. The summed E-state index contributed by atoms with van der Waals surface area (Å²) in [5.74, 6) is 0. The molecule has 0 saturated carbocycles. The van der Waals surface area contributed by atoms with Crippen LogP contribution in [0.1, 0.15) is 27.7 Å². The van der Waals surface area contributed by atoms with E-state index < -0.39 is 14.0 Å². The fourth-order valence-corrected chi connectivity index (χ4v) is 1.45. The quantitative estimate of drug-likeness (QED) is 0.487. The largest absolute Gasteiger partial charge is 0.403 e. The zero-order valence-electron chi connectivity index (χ0n) is 7.91. The molecule has 1 aliphatic rings. The standard InChI is InChI=1S/C8H12B2F2/c1-5-6(2)10(12)8(4)7(3)9(5)11/h1-4H3. The molecule has 0 atom stereocenters. The summed E-state index contributed by atoms with van der Waals surface area (Å²) in [6.45, 7) is 4.48. The molecule has 0 amide bonds. The molecule has 0 radical (unpaired) electrons. The molecule has 0 aromatic carbocycles. The van der Waals surface area contributed by atoms with E-state index in [1.54, 1.807) is 27.7 Å². The molecular formula is C8H12B2F2. The molecule has 64 valence electrons. The Morgan fingerprint density at radius 3 is 1.00 bits per heavy atom. The second-order valence-corrected chi connectivity index (χ2v) is 3.46. The summed E-state index contributed by atoms with van der Waals surface area (Å²) in [6, 6.07) is 0. The van der Waals surface area contributed by atoms with Gasteiger partial charge in [-0.15, -0.1) is 0 Å². The van der Waals surface area contributed by atoms with Crippen LogP contribution >= 0.6 is 0 Å². The number of halogens is 2. The van der Waals surface area contributed by atoms with E-state index in [9.17, 15) is 8.63 Å². The van der Waals surface area contributed by atoms with E-state index in [0.29, 0.717) is 21.9 Å². The molecular weight excluding hydrogens is 156 g/mol. The molecule has 0 bridgehead atoms. The zero-order valence-corrected chi connectivity index (χ0v) is 7.91. The highest BCUT2D eigenvalue weighted by Gasteiger charge is 2.34. The summed E-state index contributed by atoms with van der Waals surface area (Å²) in [4.78, 5) is 0. The Hall–Kier alpha value is -0.530. The van der Waals surface area contributed by atoms with Gasteiger partial charge >= 0.3 is 14.0 Å². The lowest BCUT2D eigenvalue weighted by Crippen LogP contribution is -2.28. The number of allylic oxidation sites excluding steroid dienone is 4. The maximum absolute atomic E-state index is 13.4. The predicted octanol–water partition coefficient (Wildman–Crippen LogP) is 2.75. The van der Waals surface area contributed by atoms with E-state index >= 15 is 0 Å². The first-order valence-electron chi connectivity index (χ1n) is 4.09. The predicted molar refractivity (Wildman–Crippen MR) is 50.5 cm³/mol. The summed E-state index contributed by atoms with van der Waals surface area (Å²) in [5, 5.41) is 0. The van der Waals surface area contributed by atoms with Gasteiger partial charge in [-0.1, -0.05) is 21.9 Å². The molecule has 0 nitrogen and oxygen atoms in total. The Morgan fingerprint density at radius 1 is 0.667 bits per heavy atom. The molecule has 1 heterocycles. The van der Waals surface area contributed by atoms with E-state index in [-0.39, 0.29) is 0 Å². The highest BCUT2D eigenvalue weighted by Crippen LogP contribution is 2.28. The molecule has 0 aliphatic carbocycles. The molecule has 0 spiro atoms. The Labute approximate surface area is 73.0 Å². The molecule has 0 N–H and O–H groups in total. The summed E-state index contributed by atoms with van der Waals surface area (Å²) >= 11 is 0. The van der Waals surface area contributed by atoms with Crippen molar-refractivity contribution in [2.24, 2.45) is 0 Å². The van der Waals surface area contributed by atoms with Gasteiger partial charge in [0.25, 0.3) is 0 Å². The Kier molecular flexibility index (Phi) is 2.45. The van der Waals surface area contributed by atoms with Crippen LogP contribution in [0.4, 0.5) is 8.63 Å². The topological polar surface area (TPSA) is 0 Å². The maximum Gasteiger partial charge on any atom is 0.403 e. The third kappa shape index (κ3) is 1.23. The average molecular weight is 168 g/mol. The van der Waals surface area contributed by atoms with Crippen molar-refractivity contribution in [2.75, 3.05) is 0 Å². The van der Waals surface area contributed by atoms with Gasteiger partial charge in [0.2, 0.25) is 0 Å². The van der Waals surface area contributed by atoms with Gasteiger partial charge < -0.3 is 8.63 Å². The van der Waals surface area contributed by atoms with E-state index in [1.807, 2.05) is 0 Å². The first-order chi connectivity index (χ1) is 5.46. The minimum Gasteiger partial charge on any atom is -0.323 e. The molecule has 4 heteroatoms. The van der Waals surface area contributed by atoms with Crippen molar-refractivity contribution >= 4 is 14.0 Å². The third-order valence-electron chi connectivity index (χ3n) is 2.76. The Balaban J connectivity index is 3.13. The first kappa shape index (κ1) is 9.56. The Bertz CT molecular complexity index is 216. The lowest BCUT2D eigenvalue weighted by atomic mass is 9.40. The van der Waals surface area contributed by atoms with Gasteiger partial charge in [-0.2, -0.15) is 0 Å². The van der Waals surface area contributed by atoms with E-state index in [1.165, 1.54) is 0 Å². The smallest absolute Gasteiger partial charge is 0.323 e.